The molecule has 0 bridgehead atoms. The Hall–Kier alpha value is -0.620. The molecule has 1 aliphatic carbocycles. The van der Waals surface area contributed by atoms with E-state index in [9.17, 15) is 13.2 Å². The van der Waals surface area contributed by atoms with Crippen molar-refractivity contribution in [1.82, 2.24) is 4.90 Å². The van der Waals surface area contributed by atoms with Gasteiger partial charge in [-0.2, -0.15) is 0 Å². The van der Waals surface area contributed by atoms with Crippen LogP contribution in [0.1, 0.15) is 38.5 Å². The summed E-state index contributed by atoms with van der Waals surface area (Å²) in [4.78, 5) is 14.1. The van der Waals surface area contributed by atoms with E-state index in [0.717, 1.165) is 25.7 Å². The van der Waals surface area contributed by atoms with E-state index in [0.29, 0.717) is 25.9 Å². The highest BCUT2D eigenvalue weighted by molar-refractivity contribution is 7.92. The Morgan fingerprint density at radius 1 is 1.17 bits per heavy atom. The van der Waals surface area contributed by atoms with Crippen LogP contribution in [0.5, 0.6) is 0 Å². The number of hydrogen-bond donors (Lipinski definition) is 1. The number of sulfone groups is 1. The topological polar surface area (TPSA) is 80.5 Å². The van der Waals surface area contributed by atoms with Gasteiger partial charge in [-0.15, -0.1) is 0 Å². The van der Waals surface area contributed by atoms with Crippen LogP contribution in [-0.4, -0.2) is 49.4 Å². The van der Waals surface area contributed by atoms with Crippen molar-refractivity contribution >= 4 is 15.7 Å². The van der Waals surface area contributed by atoms with Gasteiger partial charge in [-0.25, -0.2) is 8.42 Å². The zero-order valence-corrected chi connectivity index (χ0v) is 11.5. The van der Waals surface area contributed by atoms with Crippen molar-refractivity contribution in [3.63, 3.8) is 0 Å². The molecule has 0 spiro atoms. The van der Waals surface area contributed by atoms with Gasteiger partial charge < -0.3 is 10.6 Å². The summed E-state index contributed by atoms with van der Waals surface area (Å²) < 4.78 is 24.0. The van der Waals surface area contributed by atoms with E-state index >= 15 is 0 Å². The molecule has 1 amide bonds. The number of amides is 1. The fourth-order valence-electron chi connectivity index (χ4n) is 2.73. The van der Waals surface area contributed by atoms with Crippen molar-refractivity contribution in [2.24, 2.45) is 5.73 Å². The highest BCUT2D eigenvalue weighted by atomic mass is 32.2. The summed E-state index contributed by atoms with van der Waals surface area (Å²) in [7, 11) is -3.24. The SMILES string of the molecule is NCCN(C(=O)C1CCCCS1(=O)=O)C1CCC1. The first-order valence-electron chi connectivity index (χ1n) is 6.78. The molecule has 0 aromatic carbocycles. The molecule has 1 heterocycles. The third-order valence-electron chi connectivity index (χ3n) is 4.02. The van der Waals surface area contributed by atoms with Gasteiger partial charge in [-0.05, 0) is 32.1 Å². The lowest BCUT2D eigenvalue weighted by Gasteiger charge is -2.39. The number of nitrogens with zero attached hydrogens (tertiary/aromatic N) is 1. The third-order valence-corrected chi connectivity index (χ3v) is 6.18. The van der Waals surface area contributed by atoms with Crippen LogP contribution < -0.4 is 5.73 Å². The molecule has 104 valence electrons. The Balaban J connectivity index is 2.11. The smallest absolute Gasteiger partial charge is 0.241 e. The van der Waals surface area contributed by atoms with E-state index in [1.54, 1.807) is 4.90 Å². The van der Waals surface area contributed by atoms with E-state index in [-0.39, 0.29) is 17.7 Å². The van der Waals surface area contributed by atoms with Gasteiger partial charge in [-0.3, -0.25) is 4.79 Å². The van der Waals surface area contributed by atoms with Gasteiger partial charge in [0.2, 0.25) is 5.91 Å². The first-order chi connectivity index (χ1) is 8.56. The molecule has 1 unspecified atom stereocenters. The van der Waals surface area contributed by atoms with Crippen molar-refractivity contribution in [2.45, 2.75) is 49.8 Å². The fraction of sp³-hybridized carbons (Fsp3) is 0.917. The molecule has 2 rings (SSSR count). The highest BCUT2D eigenvalue weighted by Gasteiger charge is 2.40. The molecule has 1 saturated carbocycles. The summed E-state index contributed by atoms with van der Waals surface area (Å²) in [6, 6.07) is 0.221. The van der Waals surface area contributed by atoms with Crippen LogP contribution in [0.25, 0.3) is 0 Å². The molecule has 2 aliphatic rings. The summed E-state index contributed by atoms with van der Waals surface area (Å²) in [5.41, 5.74) is 5.54. The summed E-state index contributed by atoms with van der Waals surface area (Å²) in [6.45, 7) is 0.879. The van der Waals surface area contributed by atoms with Crippen molar-refractivity contribution in [2.75, 3.05) is 18.8 Å². The number of hydrogen-bond acceptors (Lipinski definition) is 4. The summed E-state index contributed by atoms with van der Waals surface area (Å²) in [5, 5.41) is -0.807. The predicted molar refractivity (Wildman–Crippen MR) is 69.8 cm³/mol. The van der Waals surface area contributed by atoms with E-state index in [1.165, 1.54) is 0 Å². The fourth-order valence-corrected chi connectivity index (χ4v) is 4.59. The minimum absolute atomic E-state index is 0.157. The number of carbonyl (C=O) groups excluding carboxylic acids is 1. The standard InChI is InChI=1S/C12H22N2O3S/c13-7-8-14(10-4-3-5-10)12(15)11-6-1-2-9-18(11,16)17/h10-11H,1-9,13H2. The number of rotatable bonds is 4. The number of nitrogens with two attached hydrogens (primary N) is 1. The minimum atomic E-state index is -3.24. The Labute approximate surface area is 109 Å². The maximum absolute atomic E-state index is 12.4. The Morgan fingerprint density at radius 2 is 1.89 bits per heavy atom. The van der Waals surface area contributed by atoms with Gasteiger partial charge in [0, 0.05) is 19.1 Å². The molecule has 0 aromatic heterocycles. The van der Waals surface area contributed by atoms with Crippen molar-refractivity contribution in [3.8, 4) is 0 Å². The van der Waals surface area contributed by atoms with Crippen LogP contribution in [0.3, 0.4) is 0 Å². The maximum Gasteiger partial charge on any atom is 0.241 e. The molecule has 18 heavy (non-hydrogen) atoms. The van der Waals surface area contributed by atoms with Gasteiger partial charge in [-0.1, -0.05) is 6.42 Å². The first-order valence-corrected chi connectivity index (χ1v) is 8.50. The van der Waals surface area contributed by atoms with E-state index in [1.807, 2.05) is 0 Å². The highest BCUT2D eigenvalue weighted by Crippen LogP contribution is 2.28. The van der Waals surface area contributed by atoms with Crippen LogP contribution in [0.15, 0.2) is 0 Å². The molecule has 1 saturated heterocycles. The lowest BCUT2D eigenvalue weighted by atomic mass is 9.91. The second-order valence-electron chi connectivity index (χ2n) is 5.26. The van der Waals surface area contributed by atoms with E-state index in [4.69, 9.17) is 5.73 Å². The van der Waals surface area contributed by atoms with Gasteiger partial charge in [0.15, 0.2) is 9.84 Å². The Kier molecular flexibility index (Phi) is 4.27. The summed E-state index contributed by atoms with van der Waals surface area (Å²) in [5.74, 6) is -0.0466. The van der Waals surface area contributed by atoms with E-state index in [2.05, 4.69) is 0 Å². The zero-order chi connectivity index (χ0) is 13.2. The predicted octanol–water partition coefficient (Wildman–Crippen LogP) is 0.294. The van der Waals surface area contributed by atoms with E-state index < -0.39 is 15.1 Å². The van der Waals surface area contributed by atoms with Crippen LogP contribution in [0.4, 0.5) is 0 Å². The lowest BCUT2D eigenvalue weighted by Crippen LogP contribution is -2.53. The monoisotopic (exact) mass is 274 g/mol. The van der Waals surface area contributed by atoms with Crippen molar-refractivity contribution < 1.29 is 13.2 Å². The molecule has 2 N–H and O–H groups in total. The largest absolute Gasteiger partial charge is 0.337 e. The molecule has 1 aliphatic heterocycles. The first kappa shape index (κ1) is 13.8. The zero-order valence-electron chi connectivity index (χ0n) is 10.7. The second kappa shape index (κ2) is 5.57. The summed E-state index contributed by atoms with van der Waals surface area (Å²) >= 11 is 0. The van der Waals surface area contributed by atoms with Gasteiger partial charge >= 0.3 is 0 Å². The third kappa shape index (κ3) is 2.69. The van der Waals surface area contributed by atoms with Crippen LogP contribution >= 0.6 is 0 Å². The van der Waals surface area contributed by atoms with Crippen molar-refractivity contribution in [1.29, 1.82) is 0 Å². The minimum Gasteiger partial charge on any atom is -0.337 e. The summed E-state index contributed by atoms with van der Waals surface area (Å²) in [6.07, 6.45) is 5.09. The average Bonchev–Trinajstić information content (AvgIpc) is 2.24. The maximum atomic E-state index is 12.4. The normalized spacial score (nSPS) is 27.5. The quantitative estimate of drug-likeness (QED) is 0.799. The molecular weight excluding hydrogens is 252 g/mol. The average molecular weight is 274 g/mol. The molecule has 5 nitrogen and oxygen atoms in total. The molecule has 0 aromatic rings. The Bertz CT molecular complexity index is 404. The van der Waals surface area contributed by atoms with Crippen LogP contribution in [0.2, 0.25) is 0 Å². The van der Waals surface area contributed by atoms with Gasteiger partial charge in [0.1, 0.15) is 5.25 Å². The molecule has 0 radical (unpaired) electrons. The van der Waals surface area contributed by atoms with Gasteiger partial charge in [0.05, 0.1) is 5.75 Å². The van der Waals surface area contributed by atoms with Crippen LogP contribution in [-0.2, 0) is 14.6 Å². The second-order valence-corrected chi connectivity index (χ2v) is 7.56. The van der Waals surface area contributed by atoms with Crippen molar-refractivity contribution in [3.05, 3.63) is 0 Å². The number of carbonyl (C=O) groups is 1. The lowest BCUT2D eigenvalue weighted by molar-refractivity contribution is -0.134. The molecule has 6 heteroatoms. The molecule has 2 fully saturated rings. The van der Waals surface area contributed by atoms with Gasteiger partial charge in [0.25, 0.3) is 0 Å². The molecule has 1 atom stereocenters. The van der Waals surface area contributed by atoms with Crippen LogP contribution in [0, 0.1) is 0 Å². The Morgan fingerprint density at radius 3 is 2.39 bits per heavy atom. The molecular formula is C12H22N2O3S.